The molecule has 2 unspecified atom stereocenters. The van der Waals surface area contributed by atoms with Crippen molar-refractivity contribution in [3.05, 3.63) is 34.1 Å². The second kappa shape index (κ2) is 6.12. The molecule has 0 aromatic heterocycles. The predicted molar refractivity (Wildman–Crippen MR) is 83.2 cm³/mol. The normalized spacial score (nSPS) is 27.8. The first-order valence-corrected chi connectivity index (χ1v) is 8.35. The van der Waals surface area contributed by atoms with E-state index in [0.29, 0.717) is 12.0 Å². The first-order valence-electron chi connectivity index (χ1n) is 7.56. The van der Waals surface area contributed by atoms with Crippen LogP contribution in [0.1, 0.15) is 37.3 Å². The number of nitrogens with zero attached hydrogens (tertiary/aromatic N) is 1. The van der Waals surface area contributed by atoms with E-state index in [1.165, 1.54) is 31.7 Å². The fourth-order valence-electron chi connectivity index (χ4n) is 3.57. The van der Waals surface area contributed by atoms with Crippen LogP contribution in [0.2, 0.25) is 0 Å². The van der Waals surface area contributed by atoms with Crippen molar-refractivity contribution in [2.24, 2.45) is 5.92 Å². The number of rotatable bonds is 4. The van der Waals surface area contributed by atoms with Gasteiger partial charge in [-0.05, 0) is 75.5 Å². The summed E-state index contributed by atoms with van der Waals surface area (Å²) >= 11 is 3.63. The Hall–Kier alpha value is -0.450. The Bertz CT molecular complexity index is 474. The van der Waals surface area contributed by atoms with Gasteiger partial charge in [-0.3, -0.25) is 4.90 Å². The zero-order valence-corrected chi connectivity index (χ0v) is 13.5. The van der Waals surface area contributed by atoms with E-state index in [1.807, 2.05) is 13.1 Å². The Morgan fingerprint density at radius 1 is 1.35 bits per heavy atom. The molecule has 4 heteroatoms. The molecule has 2 atom stereocenters. The number of hydrogen-bond donors (Lipinski definition) is 1. The van der Waals surface area contributed by atoms with E-state index in [9.17, 15) is 4.39 Å². The first-order chi connectivity index (χ1) is 9.70. The van der Waals surface area contributed by atoms with Crippen LogP contribution in [0, 0.1) is 11.7 Å². The average molecular weight is 341 g/mol. The number of likely N-dealkylation sites (tertiary alicyclic amines) is 1. The van der Waals surface area contributed by atoms with Gasteiger partial charge in [0, 0.05) is 16.6 Å². The molecule has 2 fully saturated rings. The second-order valence-electron chi connectivity index (χ2n) is 6.04. The summed E-state index contributed by atoms with van der Waals surface area (Å²) in [6.07, 6.45) is 5.08. The third-order valence-corrected chi connectivity index (χ3v) is 5.28. The van der Waals surface area contributed by atoms with Crippen LogP contribution in [0.15, 0.2) is 22.7 Å². The van der Waals surface area contributed by atoms with Gasteiger partial charge in [0.15, 0.2) is 0 Å². The van der Waals surface area contributed by atoms with E-state index in [0.717, 1.165) is 29.2 Å². The summed E-state index contributed by atoms with van der Waals surface area (Å²) in [6.45, 7) is 2.15. The van der Waals surface area contributed by atoms with Gasteiger partial charge >= 0.3 is 0 Å². The van der Waals surface area contributed by atoms with Crippen molar-refractivity contribution < 1.29 is 4.39 Å². The summed E-state index contributed by atoms with van der Waals surface area (Å²) in [6, 6.07) is 6.16. The minimum absolute atomic E-state index is 0.132. The highest BCUT2D eigenvalue weighted by Crippen LogP contribution is 2.44. The molecule has 1 aliphatic carbocycles. The number of halogens is 2. The lowest BCUT2D eigenvalue weighted by Gasteiger charge is -2.42. The molecule has 1 aromatic rings. The smallest absolute Gasteiger partial charge is 0.123 e. The second-order valence-corrected chi connectivity index (χ2v) is 6.89. The molecule has 1 aliphatic heterocycles. The van der Waals surface area contributed by atoms with Gasteiger partial charge in [0.25, 0.3) is 0 Å². The fourth-order valence-corrected chi connectivity index (χ4v) is 4.05. The first kappa shape index (κ1) is 14.5. The summed E-state index contributed by atoms with van der Waals surface area (Å²) in [5.74, 6) is 0.431. The summed E-state index contributed by atoms with van der Waals surface area (Å²) in [5, 5.41) is 3.32. The largest absolute Gasteiger partial charge is 0.319 e. The van der Waals surface area contributed by atoms with Crippen molar-refractivity contribution >= 4 is 15.9 Å². The number of piperidine rings is 1. The van der Waals surface area contributed by atoms with E-state index in [4.69, 9.17) is 0 Å². The van der Waals surface area contributed by atoms with Crippen molar-refractivity contribution in [2.75, 3.05) is 20.1 Å². The molecular formula is C16H22BrFN2. The zero-order chi connectivity index (χ0) is 14.1. The van der Waals surface area contributed by atoms with Gasteiger partial charge in [0.2, 0.25) is 0 Å². The summed E-state index contributed by atoms with van der Waals surface area (Å²) in [7, 11) is 2.01. The Morgan fingerprint density at radius 2 is 2.15 bits per heavy atom. The molecule has 1 N–H and O–H groups in total. The Labute approximate surface area is 128 Å². The molecule has 0 spiro atoms. The third-order valence-electron chi connectivity index (χ3n) is 4.55. The lowest BCUT2D eigenvalue weighted by Crippen LogP contribution is -2.43. The number of benzene rings is 1. The molecular weight excluding hydrogens is 319 g/mol. The lowest BCUT2D eigenvalue weighted by molar-refractivity contribution is 0.0838. The molecule has 1 aromatic carbocycles. The molecule has 1 saturated heterocycles. The quantitative estimate of drug-likeness (QED) is 0.898. The predicted octanol–water partition coefficient (Wildman–Crippen LogP) is 3.72. The monoisotopic (exact) mass is 340 g/mol. The van der Waals surface area contributed by atoms with Crippen LogP contribution in [0.4, 0.5) is 4.39 Å². The molecule has 0 bridgehead atoms. The number of nitrogens with one attached hydrogen (secondary N) is 1. The summed E-state index contributed by atoms with van der Waals surface area (Å²) in [4.78, 5) is 2.62. The minimum Gasteiger partial charge on any atom is -0.319 e. The van der Waals surface area contributed by atoms with Gasteiger partial charge in [-0.2, -0.15) is 0 Å². The van der Waals surface area contributed by atoms with E-state index >= 15 is 0 Å². The van der Waals surface area contributed by atoms with Gasteiger partial charge in [0.05, 0.1) is 0 Å². The summed E-state index contributed by atoms with van der Waals surface area (Å²) < 4.78 is 14.7. The van der Waals surface area contributed by atoms with Gasteiger partial charge < -0.3 is 5.32 Å². The molecule has 3 rings (SSSR count). The Kier molecular flexibility index (Phi) is 4.43. The van der Waals surface area contributed by atoms with E-state index in [2.05, 4.69) is 26.1 Å². The maximum absolute atomic E-state index is 13.7. The highest BCUT2D eigenvalue weighted by Gasteiger charge is 2.40. The molecule has 1 saturated carbocycles. The van der Waals surface area contributed by atoms with Crippen molar-refractivity contribution in [1.82, 2.24) is 10.2 Å². The topological polar surface area (TPSA) is 15.3 Å². The average Bonchev–Trinajstić information content (AvgIpc) is 3.26. The van der Waals surface area contributed by atoms with Crippen molar-refractivity contribution in [3.8, 4) is 0 Å². The van der Waals surface area contributed by atoms with Crippen LogP contribution in [-0.2, 0) is 0 Å². The Morgan fingerprint density at radius 3 is 2.85 bits per heavy atom. The van der Waals surface area contributed by atoms with Gasteiger partial charge in [0.1, 0.15) is 5.82 Å². The van der Waals surface area contributed by atoms with Crippen molar-refractivity contribution in [1.29, 1.82) is 0 Å². The lowest BCUT2D eigenvalue weighted by atomic mass is 9.84. The van der Waals surface area contributed by atoms with Gasteiger partial charge in [-0.1, -0.05) is 15.9 Å². The SMILES string of the molecule is CNCC1CCCN(C2CC2)C1c1cc(F)ccc1Br. The van der Waals surface area contributed by atoms with E-state index < -0.39 is 0 Å². The van der Waals surface area contributed by atoms with Crippen LogP contribution in [0.3, 0.4) is 0 Å². The zero-order valence-electron chi connectivity index (χ0n) is 11.9. The molecule has 0 radical (unpaired) electrons. The maximum atomic E-state index is 13.7. The van der Waals surface area contributed by atoms with E-state index in [1.54, 1.807) is 6.07 Å². The fraction of sp³-hybridized carbons (Fsp3) is 0.625. The van der Waals surface area contributed by atoms with Crippen molar-refractivity contribution in [2.45, 2.75) is 37.8 Å². The third kappa shape index (κ3) is 2.92. The molecule has 0 amide bonds. The van der Waals surface area contributed by atoms with Crippen LogP contribution in [0.25, 0.3) is 0 Å². The number of hydrogen-bond acceptors (Lipinski definition) is 2. The maximum Gasteiger partial charge on any atom is 0.123 e. The molecule has 20 heavy (non-hydrogen) atoms. The molecule has 1 heterocycles. The van der Waals surface area contributed by atoms with Crippen LogP contribution in [-0.4, -0.2) is 31.1 Å². The highest BCUT2D eigenvalue weighted by molar-refractivity contribution is 9.10. The minimum atomic E-state index is -0.132. The van der Waals surface area contributed by atoms with Gasteiger partial charge in [-0.25, -0.2) is 4.39 Å². The summed E-state index contributed by atoms with van der Waals surface area (Å²) in [5.41, 5.74) is 1.12. The van der Waals surface area contributed by atoms with Crippen LogP contribution >= 0.6 is 15.9 Å². The molecule has 2 nitrogen and oxygen atoms in total. The van der Waals surface area contributed by atoms with E-state index in [-0.39, 0.29) is 5.82 Å². The van der Waals surface area contributed by atoms with Crippen LogP contribution in [0.5, 0.6) is 0 Å². The highest BCUT2D eigenvalue weighted by atomic mass is 79.9. The van der Waals surface area contributed by atoms with Crippen molar-refractivity contribution in [3.63, 3.8) is 0 Å². The molecule has 2 aliphatic rings. The van der Waals surface area contributed by atoms with Gasteiger partial charge in [-0.15, -0.1) is 0 Å². The Balaban J connectivity index is 1.95. The van der Waals surface area contributed by atoms with Crippen LogP contribution < -0.4 is 5.32 Å². The standard InChI is InChI=1S/C16H22BrFN2/c1-19-10-11-3-2-8-20(13-5-6-13)16(11)14-9-12(18)4-7-15(14)17/h4,7,9,11,13,16,19H,2-3,5-6,8,10H2,1H3. The molecule has 110 valence electrons.